The second kappa shape index (κ2) is 9.84. The first kappa shape index (κ1) is 20.5. The average Bonchev–Trinajstić information content (AvgIpc) is 3.51. The number of hydrogen-bond acceptors (Lipinski definition) is 4. The van der Waals surface area contributed by atoms with Crippen LogP contribution in [-0.4, -0.2) is 41.8 Å². The van der Waals surface area contributed by atoms with Crippen molar-refractivity contribution in [1.29, 1.82) is 0 Å². The number of nitrogens with one attached hydrogen (secondary N) is 2. The summed E-state index contributed by atoms with van der Waals surface area (Å²) in [4.78, 5) is 37.8. The Hall–Kier alpha value is -3.19. The molecule has 4 N–H and O–H groups in total. The first-order valence-electron chi connectivity index (χ1n) is 9.75. The van der Waals surface area contributed by atoms with Gasteiger partial charge in [-0.25, -0.2) is 0 Å². The minimum absolute atomic E-state index is 0.112. The Balaban J connectivity index is 1.59. The number of nitrogens with two attached hydrogens (primary N) is 1. The smallest absolute Gasteiger partial charge is 0.251 e. The second-order valence-corrected chi connectivity index (χ2v) is 7.29. The average molecular weight is 394 g/mol. The summed E-state index contributed by atoms with van der Waals surface area (Å²) in [5, 5.41) is 5.77. The van der Waals surface area contributed by atoms with Gasteiger partial charge in [0.25, 0.3) is 5.91 Å². The Morgan fingerprint density at radius 1 is 1.03 bits per heavy atom. The summed E-state index contributed by atoms with van der Waals surface area (Å²) in [5.41, 5.74) is 7.39. The number of carbonyl (C=O) groups excluding carboxylic acids is 3. The molecule has 1 fully saturated rings. The van der Waals surface area contributed by atoms with Gasteiger partial charge in [-0.05, 0) is 36.6 Å². The first-order chi connectivity index (χ1) is 14.0. The number of amides is 3. The lowest BCUT2D eigenvalue weighted by molar-refractivity contribution is -0.120. The number of hydrogen-bond donors (Lipinski definition) is 3. The fourth-order valence-electron chi connectivity index (χ4n) is 2.96. The van der Waals surface area contributed by atoms with E-state index in [9.17, 15) is 14.4 Å². The van der Waals surface area contributed by atoms with Gasteiger partial charge in [-0.1, -0.05) is 36.4 Å². The maximum absolute atomic E-state index is 12.6. The molecule has 0 bridgehead atoms. The molecule has 3 amide bonds. The summed E-state index contributed by atoms with van der Waals surface area (Å²) in [5.74, 6) is -0.751. The van der Waals surface area contributed by atoms with E-state index >= 15 is 0 Å². The van der Waals surface area contributed by atoms with Gasteiger partial charge in [0.2, 0.25) is 11.8 Å². The molecule has 1 saturated carbocycles. The lowest BCUT2D eigenvalue weighted by atomic mass is 10.2. The highest BCUT2D eigenvalue weighted by atomic mass is 16.2. The minimum atomic E-state index is -0.405. The van der Waals surface area contributed by atoms with E-state index < -0.39 is 5.91 Å². The quantitative estimate of drug-likeness (QED) is 0.572. The third kappa shape index (κ3) is 7.04. The summed E-state index contributed by atoms with van der Waals surface area (Å²) in [7, 11) is 0. The van der Waals surface area contributed by atoms with Crippen LogP contribution in [0.15, 0.2) is 54.6 Å². The summed E-state index contributed by atoms with van der Waals surface area (Å²) < 4.78 is 0. The van der Waals surface area contributed by atoms with Crippen LogP contribution in [0.25, 0.3) is 0 Å². The fourth-order valence-corrected chi connectivity index (χ4v) is 2.96. The van der Waals surface area contributed by atoms with Crippen molar-refractivity contribution in [2.75, 3.05) is 18.4 Å². The minimum Gasteiger partial charge on any atom is -0.370 e. The van der Waals surface area contributed by atoms with Gasteiger partial charge in [0.05, 0.1) is 6.54 Å². The number of primary amides is 1. The Kier molecular flexibility index (Phi) is 6.97. The van der Waals surface area contributed by atoms with Crippen LogP contribution in [0.3, 0.4) is 0 Å². The SMILES string of the molecule is NC(=O)CCN(CC(=O)Nc1cccc(C(=O)NC2CC2)c1)Cc1ccccc1. The van der Waals surface area contributed by atoms with Crippen molar-refractivity contribution in [1.82, 2.24) is 10.2 Å². The maximum atomic E-state index is 12.6. The van der Waals surface area contributed by atoms with Gasteiger partial charge in [-0.15, -0.1) is 0 Å². The number of anilines is 1. The molecule has 7 nitrogen and oxygen atoms in total. The van der Waals surface area contributed by atoms with Gasteiger partial charge in [-0.3, -0.25) is 19.3 Å². The number of rotatable bonds is 10. The third-order valence-corrected chi connectivity index (χ3v) is 4.61. The lowest BCUT2D eigenvalue weighted by Gasteiger charge is -2.21. The molecule has 0 radical (unpaired) electrons. The number of nitrogens with zero attached hydrogens (tertiary/aromatic N) is 1. The van der Waals surface area contributed by atoms with E-state index in [2.05, 4.69) is 10.6 Å². The molecule has 0 saturated heterocycles. The summed E-state index contributed by atoms with van der Waals surface area (Å²) in [6, 6.07) is 16.9. The van der Waals surface area contributed by atoms with Crippen molar-refractivity contribution in [2.24, 2.45) is 5.73 Å². The highest BCUT2D eigenvalue weighted by Crippen LogP contribution is 2.20. The Morgan fingerprint density at radius 3 is 2.48 bits per heavy atom. The predicted molar refractivity (Wildman–Crippen MR) is 111 cm³/mol. The molecular weight excluding hydrogens is 368 g/mol. The molecule has 0 aliphatic heterocycles. The van der Waals surface area contributed by atoms with E-state index in [-0.39, 0.29) is 30.8 Å². The number of carbonyl (C=O) groups is 3. The van der Waals surface area contributed by atoms with E-state index in [0.717, 1.165) is 18.4 Å². The maximum Gasteiger partial charge on any atom is 0.251 e. The van der Waals surface area contributed by atoms with Crippen molar-refractivity contribution in [3.05, 3.63) is 65.7 Å². The summed E-state index contributed by atoms with van der Waals surface area (Å²) in [6.45, 7) is 1.04. The van der Waals surface area contributed by atoms with Gasteiger partial charge >= 0.3 is 0 Å². The van der Waals surface area contributed by atoms with Gasteiger partial charge in [0.15, 0.2) is 0 Å². The summed E-state index contributed by atoms with van der Waals surface area (Å²) >= 11 is 0. The Morgan fingerprint density at radius 2 is 1.79 bits per heavy atom. The van der Waals surface area contributed by atoms with E-state index in [1.54, 1.807) is 24.3 Å². The molecule has 0 atom stereocenters. The van der Waals surface area contributed by atoms with Crippen LogP contribution in [0.2, 0.25) is 0 Å². The molecule has 3 rings (SSSR count). The van der Waals surface area contributed by atoms with E-state index in [0.29, 0.717) is 24.3 Å². The van der Waals surface area contributed by atoms with Crippen LogP contribution in [0.1, 0.15) is 35.2 Å². The molecule has 1 aliphatic rings. The molecule has 7 heteroatoms. The van der Waals surface area contributed by atoms with Crippen LogP contribution < -0.4 is 16.4 Å². The largest absolute Gasteiger partial charge is 0.370 e. The van der Waals surface area contributed by atoms with E-state index in [1.165, 1.54) is 0 Å². The topological polar surface area (TPSA) is 105 Å². The molecule has 29 heavy (non-hydrogen) atoms. The van der Waals surface area contributed by atoms with Crippen molar-refractivity contribution in [3.8, 4) is 0 Å². The lowest BCUT2D eigenvalue weighted by Crippen LogP contribution is -2.35. The molecule has 2 aromatic rings. The normalized spacial score (nSPS) is 13.1. The van der Waals surface area contributed by atoms with Crippen LogP contribution in [0.5, 0.6) is 0 Å². The zero-order valence-corrected chi connectivity index (χ0v) is 16.3. The third-order valence-electron chi connectivity index (χ3n) is 4.61. The van der Waals surface area contributed by atoms with E-state index in [4.69, 9.17) is 5.73 Å². The predicted octanol–water partition coefficient (Wildman–Crippen LogP) is 1.89. The zero-order chi connectivity index (χ0) is 20.6. The molecule has 0 aromatic heterocycles. The van der Waals surface area contributed by atoms with Crippen molar-refractivity contribution >= 4 is 23.4 Å². The molecule has 0 heterocycles. The fraction of sp³-hybridized carbons (Fsp3) is 0.318. The van der Waals surface area contributed by atoms with Crippen LogP contribution in [0, 0.1) is 0 Å². The van der Waals surface area contributed by atoms with Gasteiger partial charge in [0, 0.05) is 36.8 Å². The number of benzene rings is 2. The van der Waals surface area contributed by atoms with Crippen molar-refractivity contribution in [2.45, 2.75) is 31.8 Å². The van der Waals surface area contributed by atoms with Crippen molar-refractivity contribution < 1.29 is 14.4 Å². The van der Waals surface area contributed by atoms with Gasteiger partial charge in [-0.2, -0.15) is 0 Å². The highest BCUT2D eigenvalue weighted by molar-refractivity contribution is 5.97. The van der Waals surface area contributed by atoms with Crippen molar-refractivity contribution in [3.63, 3.8) is 0 Å². The molecular formula is C22H26N4O3. The second-order valence-electron chi connectivity index (χ2n) is 7.29. The molecule has 0 spiro atoms. The van der Waals surface area contributed by atoms with Crippen LogP contribution >= 0.6 is 0 Å². The molecule has 0 unspecified atom stereocenters. The molecule has 152 valence electrons. The zero-order valence-electron chi connectivity index (χ0n) is 16.3. The summed E-state index contributed by atoms with van der Waals surface area (Å²) in [6.07, 6.45) is 2.21. The van der Waals surface area contributed by atoms with Crippen LogP contribution in [0.4, 0.5) is 5.69 Å². The molecule has 2 aromatic carbocycles. The standard InChI is InChI=1S/C22H26N4O3/c23-20(27)11-12-26(14-16-5-2-1-3-6-16)15-21(28)24-19-8-4-7-17(13-19)22(29)25-18-9-10-18/h1-8,13,18H,9-12,14-15H2,(H2,23,27)(H,24,28)(H,25,29). The van der Waals surface area contributed by atoms with E-state index in [1.807, 2.05) is 35.2 Å². The van der Waals surface area contributed by atoms with Gasteiger partial charge < -0.3 is 16.4 Å². The highest BCUT2D eigenvalue weighted by Gasteiger charge is 2.23. The first-order valence-corrected chi connectivity index (χ1v) is 9.75. The monoisotopic (exact) mass is 394 g/mol. The Labute approximate surface area is 170 Å². The van der Waals surface area contributed by atoms with Crippen LogP contribution in [-0.2, 0) is 16.1 Å². The van der Waals surface area contributed by atoms with Gasteiger partial charge in [0.1, 0.15) is 0 Å². The molecule has 1 aliphatic carbocycles. The Bertz CT molecular complexity index is 865.